The third-order valence-corrected chi connectivity index (χ3v) is 6.63. The smallest absolute Gasteiger partial charge is 0.341 e. The van der Waals surface area contributed by atoms with Crippen molar-refractivity contribution < 1.29 is 23.9 Å². The summed E-state index contributed by atoms with van der Waals surface area (Å²) in [7, 11) is 1.65. The summed E-state index contributed by atoms with van der Waals surface area (Å²) in [6.45, 7) is 5.00. The Bertz CT molecular complexity index is 769. The highest BCUT2D eigenvalue weighted by atomic mass is 32.1. The number of thiophene rings is 1. The van der Waals surface area contributed by atoms with Crippen LogP contribution < -0.4 is 10.6 Å². The number of carbonyl (C=O) groups excluding carboxylic acids is 3. The number of hydrogen-bond donors (Lipinski definition) is 2. The zero-order valence-electron chi connectivity index (χ0n) is 18.4. The second kappa shape index (κ2) is 11.6. The molecular weight excluding hydrogens is 418 g/mol. The van der Waals surface area contributed by atoms with Crippen molar-refractivity contribution in [3.63, 3.8) is 0 Å². The molecule has 0 aromatic carbocycles. The maximum Gasteiger partial charge on any atom is 0.341 e. The fourth-order valence-corrected chi connectivity index (χ4v) is 4.91. The van der Waals surface area contributed by atoms with Crippen LogP contribution in [0.25, 0.3) is 0 Å². The molecule has 1 aromatic rings. The average Bonchev–Trinajstić information content (AvgIpc) is 3.52. The molecule has 1 aliphatic carbocycles. The zero-order valence-corrected chi connectivity index (χ0v) is 19.2. The summed E-state index contributed by atoms with van der Waals surface area (Å²) in [6.07, 6.45) is 4.43. The molecule has 3 rings (SSSR count). The maximum absolute atomic E-state index is 12.6. The number of amides is 2. The quantitative estimate of drug-likeness (QED) is 0.397. The van der Waals surface area contributed by atoms with Crippen molar-refractivity contribution in [1.29, 1.82) is 0 Å². The number of methoxy groups -OCH3 is 1. The molecule has 1 aromatic heterocycles. The van der Waals surface area contributed by atoms with Gasteiger partial charge in [0.1, 0.15) is 5.00 Å². The molecule has 0 bridgehead atoms. The number of carbonyl (C=O) groups is 3. The van der Waals surface area contributed by atoms with Crippen LogP contribution in [0.2, 0.25) is 0 Å². The molecule has 1 aliphatic heterocycles. The Labute approximate surface area is 187 Å². The van der Waals surface area contributed by atoms with Crippen molar-refractivity contribution in [2.45, 2.75) is 44.9 Å². The normalized spacial score (nSPS) is 17.4. The van der Waals surface area contributed by atoms with E-state index >= 15 is 0 Å². The van der Waals surface area contributed by atoms with Gasteiger partial charge in [0, 0.05) is 26.2 Å². The van der Waals surface area contributed by atoms with Crippen molar-refractivity contribution >= 4 is 34.1 Å². The summed E-state index contributed by atoms with van der Waals surface area (Å²) in [5.41, 5.74) is 1.52. The summed E-state index contributed by atoms with van der Waals surface area (Å²) in [4.78, 5) is 39.4. The van der Waals surface area contributed by atoms with Crippen LogP contribution >= 0.6 is 11.3 Å². The number of anilines is 1. The lowest BCUT2D eigenvalue weighted by atomic mass is 9.96. The molecule has 2 amide bonds. The Morgan fingerprint density at radius 2 is 1.94 bits per heavy atom. The summed E-state index contributed by atoms with van der Waals surface area (Å²) >= 11 is 1.39. The topological polar surface area (TPSA) is 97.0 Å². The van der Waals surface area contributed by atoms with Gasteiger partial charge in [-0.25, -0.2) is 4.79 Å². The van der Waals surface area contributed by atoms with Crippen molar-refractivity contribution in [3.05, 3.63) is 16.5 Å². The number of ether oxygens (including phenoxy) is 2. The van der Waals surface area contributed by atoms with Crippen LogP contribution in [-0.2, 0) is 19.1 Å². The monoisotopic (exact) mass is 451 g/mol. The van der Waals surface area contributed by atoms with E-state index in [1.54, 1.807) is 14.0 Å². The van der Waals surface area contributed by atoms with Gasteiger partial charge in [-0.2, -0.15) is 0 Å². The Morgan fingerprint density at radius 3 is 2.58 bits per heavy atom. The van der Waals surface area contributed by atoms with E-state index in [1.807, 2.05) is 5.38 Å². The first-order valence-corrected chi connectivity index (χ1v) is 12.0. The average molecular weight is 452 g/mol. The van der Waals surface area contributed by atoms with Crippen LogP contribution in [0.3, 0.4) is 0 Å². The Kier molecular flexibility index (Phi) is 8.86. The highest BCUT2D eigenvalue weighted by Crippen LogP contribution is 2.46. The van der Waals surface area contributed by atoms with Crippen molar-refractivity contribution in [2.24, 2.45) is 5.92 Å². The van der Waals surface area contributed by atoms with Crippen molar-refractivity contribution in [2.75, 3.05) is 51.8 Å². The van der Waals surface area contributed by atoms with E-state index < -0.39 is 0 Å². The molecule has 8 nitrogen and oxygen atoms in total. The molecule has 0 radical (unpaired) electrons. The van der Waals surface area contributed by atoms with E-state index in [4.69, 9.17) is 9.47 Å². The highest BCUT2D eigenvalue weighted by molar-refractivity contribution is 7.15. The molecule has 9 heteroatoms. The number of likely N-dealkylation sites (tertiary alicyclic amines) is 1. The van der Waals surface area contributed by atoms with E-state index in [0.29, 0.717) is 49.3 Å². The highest BCUT2D eigenvalue weighted by Gasteiger charge is 2.32. The Hall–Kier alpha value is -1.97. The molecule has 2 fully saturated rings. The largest absolute Gasteiger partial charge is 0.462 e. The molecule has 31 heavy (non-hydrogen) atoms. The third-order valence-electron chi connectivity index (χ3n) is 5.72. The number of hydrogen-bond acceptors (Lipinski definition) is 7. The zero-order chi connectivity index (χ0) is 22.2. The molecule has 172 valence electrons. The fourth-order valence-electron chi connectivity index (χ4n) is 3.87. The third kappa shape index (κ3) is 6.75. The van der Waals surface area contributed by atoms with Gasteiger partial charge in [0.2, 0.25) is 11.8 Å². The van der Waals surface area contributed by atoms with Crippen LogP contribution in [0.1, 0.15) is 60.9 Å². The van der Waals surface area contributed by atoms with Gasteiger partial charge in [-0.3, -0.25) is 14.5 Å². The summed E-state index contributed by atoms with van der Waals surface area (Å²) in [6, 6.07) is 0. The van der Waals surface area contributed by atoms with Gasteiger partial charge in [0.15, 0.2) is 0 Å². The van der Waals surface area contributed by atoms with Crippen molar-refractivity contribution in [3.8, 4) is 0 Å². The number of piperidine rings is 1. The lowest BCUT2D eigenvalue weighted by molar-refractivity contribution is -0.126. The summed E-state index contributed by atoms with van der Waals surface area (Å²) in [5.74, 6) is -0.0161. The minimum Gasteiger partial charge on any atom is -0.462 e. The second-order valence-electron chi connectivity index (χ2n) is 8.13. The number of rotatable bonds is 11. The first-order chi connectivity index (χ1) is 15.0. The van der Waals surface area contributed by atoms with Gasteiger partial charge in [-0.15, -0.1) is 11.3 Å². The molecule has 2 N–H and O–H groups in total. The SMILES string of the molecule is CCOC(=O)c1c(C2CC2)csc1NC(=O)CN1CCC(C(=O)NCCCOC)CC1. The summed E-state index contributed by atoms with van der Waals surface area (Å²) < 4.78 is 10.2. The van der Waals surface area contributed by atoms with E-state index in [-0.39, 0.29) is 30.2 Å². The van der Waals surface area contributed by atoms with E-state index in [0.717, 1.165) is 37.7 Å². The Balaban J connectivity index is 1.47. The van der Waals surface area contributed by atoms with Crippen LogP contribution in [0.15, 0.2) is 5.38 Å². The van der Waals surface area contributed by atoms with Gasteiger partial charge in [-0.1, -0.05) is 0 Å². The Morgan fingerprint density at radius 1 is 1.19 bits per heavy atom. The molecule has 2 aliphatic rings. The maximum atomic E-state index is 12.6. The molecule has 2 heterocycles. The molecular formula is C22H33N3O5S. The van der Waals surface area contributed by atoms with Gasteiger partial charge in [0.05, 0.1) is 18.7 Å². The number of nitrogens with one attached hydrogen (secondary N) is 2. The van der Waals surface area contributed by atoms with Gasteiger partial charge in [0.25, 0.3) is 0 Å². The van der Waals surface area contributed by atoms with Crippen LogP contribution in [0.4, 0.5) is 5.00 Å². The molecule has 1 saturated carbocycles. The summed E-state index contributed by atoms with van der Waals surface area (Å²) in [5, 5.41) is 8.43. The van der Waals surface area contributed by atoms with Crippen LogP contribution in [-0.4, -0.2) is 69.2 Å². The van der Waals surface area contributed by atoms with Crippen molar-refractivity contribution in [1.82, 2.24) is 10.2 Å². The van der Waals surface area contributed by atoms with E-state index in [2.05, 4.69) is 15.5 Å². The van der Waals surface area contributed by atoms with E-state index in [1.165, 1.54) is 11.3 Å². The van der Waals surface area contributed by atoms with Crippen LogP contribution in [0.5, 0.6) is 0 Å². The second-order valence-corrected chi connectivity index (χ2v) is 9.01. The standard InChI is InChI=1S/C22H33N3O5S/c1-3-30-22(28)19-17(15-5-6-15)14-31-21(19)24-18(26)13-25-10-7-16(8-11-25)20(27)23-9-4-12-29-2/h14-16H,3-13H2,1-2H3,(H,23,27)(H,24,26). The lowest BCUT2D eigenvalue weighted by Gasteiger charge is -2.30. The molecule has 0 spiro atoms. The minimum absolute atomic E-state index is 0.00401. The van der Waals surface area contributed by atoms with E-state index in [9.17, 15) is 14.4 Å². The predicted molar refractivity (Wildman–Crippen MR) is 120 cm³/mol. The van der Waals surface area contributed by atoms with Gasteiger partial charge in [-0.05, 0) is 69.0 Å². The first-order valence-electron chi connectivity index (χ1n) is 11.1. The van der Waals surface area contributed by atoms with Crippen LogP contribution in [0, 0.1) is 5.92 Å². The minimum atomic E-state index is -0.363. The first kappa shape index (κ1) is 23.7. The number of nitrogens with zero attached hydrogens (tertiary/aromatic N) is 1. The molecule has 0 atom stereocenters. The lowest BCUT2D eigenvalue weighted by Crippen LogP contribution is -2.43. The fraction of sp³-hybridized carbons (Fsp3) is 0.682. The number of esters is 1. The van der Waals surface area contributed by atoms with Gasteiger partial charge >= 0.3 is 5.97 Å². The molecule has 1 saturated heterocycles. The molecule has 0 unspecified atom stereocenters. The predicted octanol–water partition coefficient (Wildman–Crippen LogP) is 2.61. The van der Waals surface area contributed by atoms with Gasteiger partial charge < -0.3 is 20.1 Å².